The Hall–Kier alpha value is -2.43. The molecule has 112 valence electrons. The van der Waals surface area contributed by atoms with Crippen LogP contribution in [0.1, 0.15) is 35.3 Å². The Kier molecular flexibility index (Phi) is 5.41. The van der Waals surface area contributed by atoms with Crippen molar-refractivity contribution in [2.24, 2.45) is 0 Å². The summed E-state index contributed by atoms with van der Waals surface area (Å²) in [5, 5.41) is 2.40. The van der Waals surface area contributed by atoms with Gasteiger partial charge in [0.15, 0.2) is 11.8 Å². The Labute approximate surface area is 124 Å². The number of hydrogen-bond acceptors (Lipinski definition) is 4. The Balaban J connectivity index is 2.96. The van der Waals surface area contributed by atoms with Crippen LogP contribution < -0.4 is 5.32 Å². The first-order chi connectivity index (χ1) is 9.73. The largest absolute Gasteiger partial charge is 0.430 e. The lowest BCUT2D eigenvalue weighted by molar-refractivity contribution is -0.144. The predicted molar refractivity (Wildman–Crippen MR) is 78.8 cm³/mol. The summed E-state index contributed by atoms with van der Waals surface area (Å²) in [5.41, 5.74) is 2.17. The van der Waals surface area contributed by atoms with Crippen LogP contribution in [-0.2, 0) is 14.3 Å². The maximum absolute atomic E-state index is 12.2. The zero-order valence-electron chi connectivity index (χ0n) is 12.6. The molecule has 0 saturated heterocycles. The first-order valence-electron chi connectivity index (χ1n) is 6.48. The van der Waals surface area contributed by atoms with E-state index in [1.54, 1.807) is 19.1 Å². The molecule has 1 unspecified atom stereocenters. The normalized spacial score (nSPS) is 11.4. The van der Waals surface area contributed by atoms with Crippen molar-refractivity contribution in [3.63, 3.8) is 0 Å². The van der Waals surface area contributed by atoms with Crippen LogP contribution in [0.2, 0.25) is 0 Å². The monoisotopic (exact) mass is 289 g/mol. The smallest absolute Gasteiger partial charge is 0.341 e. The van der Waals surface area contributed by atoms with Gasteiger partial charge in [0.1, 0.15) is 0 Å². The van der Waals surface area contributed by atoms with Gasteiger partial charge in [-0.3, -0.25) is 9.59 Å². The van der Waals surface area contributed by atoms with E-state index < -0.39 is 23.7 Å². The fourth-order valence-electron chi connectivity index (χ4n) is 1.76. The van der Waals surface area contributed by atoms with E-state index in [1.807, 2.05) is 13.0 Å². The lowest BCUT2D eigenvalue weighted by Crippen LogP contribution is -2.46. The van der Waals surface area contributed by atoms with E-state index in [-0.39, 0.29) is 5.76 Å². The number of ether oxygens (including phenoxy) is 1. The molecule has 1 N–H and O–H groups in total. The van der Waals surface area contributed by atoms with E-state index in [0.717, 1.165) is 11.1 Å². The van der Waals surface area contributed by atoms with Gasteiger partial charge in [0.05, 0.1) is 5.76 Å². The van der Waals surface area contributed by atoms with Crippen molar-refractivity contribution in [2.75, 3.05) is 0 Å². The molecule has 0 saturated carbocycles. The molecule has 0 heterocycles. The maximum atomic E-state index is 12.2. The lowest BCUT2D eigenvalue weighted by atomic mass is 10.0. The number of carbonyl (C=O) groups excluding carboxylic acids is 3. The minimum atomic E-state index is -1.34. The van der Waals surface area contributed by atoms with Crippen LogP contribution >= 0.6 is 0 Å². The van der Waals surface area contributed by atoms with Gasteiger partial charge in [-0.1, -0.05) is 18.7 Å². The molecule has 0 aliphatic heterocycles. The van der Waals surface area contributed by atoms with Crippen LogP contribution in [0.5, 0.6) is 0 Å². The van der Waals surface area contributed by atoms with Crippen molar-refractivity contribution in [1.29, 1.82) is 0 Å². The highest BCUT2D eigenvalue weighted by molar-refractivity contribution is 6.07. The summed E-state index contributed by atoms with van der Waals surface area (Å²) in [7, 11) is 0. The third kappa shape index (κ3) is 4.27. The van der Waals surface area contributed by atoms with Gasteiger partial charge in [-0.15, -0.1) is 0 Å². The van der Waals surface area contributed by atoms with Crippen LogP contribution in [0.25, 0.3) is 0 Å². The van der Waals surface area contributed by atoms with Crippen molar-refractivity contribution in [1.82, 2.24) is 5.32 Å². The second-order valence-corrected chi connectivity index (χ2v) is 4.89. The number of esters is 1. The average Bonchev–Trinajstić information content (AvgIpc) is 2.37. The first-order valence-corrected chi connectivity index (χ1v) is 6.48. The molecule has 5 heteroatoms. The van der Waals surface area contributed by atoms with E-state index in [2.05, 4.69) is 11.9 Å². The highest BCUT2D eigenvalue weighted by Gasteiger charge is 2.28. The van der Waals surface area contributed by atoms with Crippen molar-refractivity contribution < 1.29 is 19.1 Å². The number of amides is 1. The van der Waals surface area contributed by atoms with Gasteiger partial charge in [-0.05, 0) is 44.9 Å². The lowest BCUT2D eigenvalue weighted by Gasteiger charge is -2.16. The molecule has 0 bridgehead atoms. The summed E-state index contributed by atoms with van der Waals surface area (Å²) in [4.78, 5) is 35.6. The Bertz CT molecular complexity index is 604. The molecule has 1 atom stereocenters. The number of benzene rings is 1. The molecular weight excluding hydrogens is 270 g/mol. The molecule has 0 aromatic heterocycles. The van der Waals surface area contributed by atoms with Gasteiger partial charge in [0.2, 0.25) is 0 Å². The molecular formula is C16H19NO4. The number of hydrogen-bond donors (Lipinski definition) is 1. The molecule has 5 nitrogen and oxygen atoms in total. The number of aryl methyl sites for hydroxylation is 1. The van der Waals surface area contributed by atoms with Crippen molar-refractivity contribution in [3.8, 4) is 0 Å². The minimum absolute atomic E-state index is 0.159. The SMILES string of the molecule is C=C(C)OC(=O)C(NC(=O)c1cccc(C)c1C)C(C)=O. The third-order valence-electron chi connectivity index (χ3n) is 3.04. The van der Waals surface area contributed by atoms with Gasteiger partial charge < -0.3 is 10.1 Å². The van der Waals surface area contributed by atoms with Crippen molar-refractivity contribution >= 4 is 17.7 Å². The van der Waals surface area contributed by atoms with E-state index >= 15 is 0 Å². The fraction of sp³-hybridized carbons (Fsp3) is 0.312. The van der Waals surface area contributed by atoms with Gasteiger partial charge in [0.25, 0.3) is 5.91 Å². The van der Waals surface area contributed by atoms with Gasteiger partial charge in [0, 0.05) is 5.56 Å². The number of ketones is 1. The first kappa shape index (κ1) is 16.6. The van der Waals surface area contributed by atoms with E-state index in [9.17, 15) is 14.4 Å². The van der Waals surface area contributed by atoms with Crippen LogP contribution in [-0.4, -0.2) is 23.7 Å². The number of Topliss-reactive ketones (excluding diaryl/α,β-unsaturated/α-hetero) is 1. The Morgan fingerprint density at radius 3 is 2.33 bits per heavy atom. The van der Waals surface area contributed by atoms with Gasteiger partial charge in [-0.25, -0.2) is 4.79 Å². The number of rotatable bonds is 5. The number of carbonyl (C=O) groups is 3. The summed E-state index contributed by atoms with van der Waals surface area (Å²) in [6.45, 7) is 9.82. The summed E-state index contributed by atoms with van der Waals surface area (Å²) < 4.78 is 4.80. The Morgan fingerprint density at radius 2 is 1.81 bits per heavy atom. The quantitative estimate of drug-likeness (QED) is 0.511. The average molecular weight is 289 g/mol. The van der Waals surface area contributed by atoms with Gasteiger partial charge in [-0.2, -0.15) is 0 Å². The summed E-state index contributed by atoms with van der Waals surface area (Å²) in [6, 6.07) is 3.92. The zero-order chi connectivity index (χ0) is 16.2. The highest BCUT2D eigenvalue weighted by atomic mass is 16.5. The summed E-state index contributed by atoms with van der Waals surface area (Å²) in [6.07, 6.45) is 0. The van der Waals surface area contributed by atoms with Crippen molar-refractivity contribution in [2.45, 2.75) is 33.7 Å². The molecule has 0 aliphatic carbocycles. The van der Waals surface area contributed by atoms with Crippen LogP contribution in [0.4, 0.5) is 0 Å². The topological polar surface area (TPSA) is 72.5 Å². The van der Waals surface area contributed by atoms with Crippen LogP contribution in [0, 0.1) is 13.8 Å². The highest BCUT2D eigenvalue weighted by Crippen LogP contribution is 2.13. The molecule has 0 aliphatic rings. The fourth-order valence-corrected chi connectivity index (χ4v) is 1.76. The van der Waals surface area contributed by atoms with E-state index in [4.69, 9.17) is 4.74 Å². The number of allylic oxidation sites excluding steroid dienone is 1. The summed E-state index contributed by atoms with van der Waals surface area (Å²) >= 11 is 0. The third-order valence-corrected chi connectivity index (χ3v) is 3.04. The predicted octanol–water partition coefficient (Wildman–Crippen LogP) is 2.07. The second kappa shape index (κ2) is 6.83. The number of nitrogens with one attached hydrogen (secondary N) is 1. The van der Waals surface area contributed by atoms with E-state index in [0.29, 0.717) is 5.56 Å². The molecule has 0 radical (unpaired) electrons. The Morgan fingerprint density at radius 1 is 1.19 bits per heavy atom. The molecule has 1 rings (SSSR count). The zero-order valence-corrected chi connectivity index (χ0v) is 12.6. The molecule has 21 heavy (non-hydrogen) atoms. The molecule has 0 spiro atoms. The second-order valence-electron chi connectivity index (χ2n) is 4.89. The van der Waals surface area contributed by atoms with Crippen LogP contribution in [0.3, 0.4) is 0 Å². The minimum Gasteiger partial charge on any atom is -0.430 e. The molecule has 1 amide bonds. The maximum Gasteiger partial charge on any atom is 0.341 e. The summed E-state index contributed by atoms with van der Waals surface area (Å²) in [5.74, 6) is -1.67. The molecule has 1 aromatic carbocycles. The van der Waals surface area contributed by atoms with Gasteiger partial charge >= 0.3 is 5.97 Å². The van der Waals surface area contributed by atoms with E-state index in [1.165, 1.54) is 13.8 Å². The molecule has 0 fully saturated rings. The van der Waals surface area contributed by atoms with Crippen molar-refractivity contribution in [3.05, 3.63) is 47.2 Å². The molecule has 1 aromatic rings. The standard InChI is InChI=1S/C16H19NO4/c1-9(2)21-16(20)14(12(5)18)17-15(19)13-8-6-7-10(3)11(13)4/h6-8,14H,1H2,2-5H3,(H,17,19). The van der Waals surface area contributed by atoms with Crippen LogP contribution in [0.15, 0.2) is 30.5 Å².